The Morgan fingerprint density at radius 1 is 1.24 bits per heavy atom. The molecule has 0 unspecified atom stereocenters. The van der Waals surface area contributed by atoms with Crippen LogP contribution < -0.4 is 11.1 Å². The molecule has 1 heterocycles. The topological polar surface area (TPSA) is 75.4 Å². The minimum Gasteiger partial charge on any atom is -0.396 e. The molecule has 0 bridgehead atoms. The molecule has 5 nitrogen and oxygen atoms in total. The Labute approximate surface area is 121 Å². The molecular formula is C14H17F2N3O2. The molecular weight excluding hydrogens is 280 g/mol. The third-order valence-corrected chi connectivity index (χ3v) is 3.72. The number of piperidine rings is 1. The Bertz CT molecular complexity index is 570. The van der Waals surface area contributed by atoms with Gasteiger partial charge < -0.3 is 16.0 Å². The van der Waals surface area contributed by atoms with Crippen molar-refractivity contribution in [2.45, 2.75) is 12.8 Å². The van der Waals surface area contributed by atoms with E-state index in [4.69, 9.17) is 5.73 Å². The molecule has 3 N–H and O–H groups in total. The maximum Gasteiger partial charge on any atom is 0.256 e. The number of nitrogens with zero attached hydrogens (tertiary/aromatic N) is 1. The van der Waals surface area contributed by atoms with Gasteiger partial charge in [-0.2, -0.15) is 0 Å². The van der Waals surface area contributed by atoms with Crippen LogP contribution in [0.25, 0.3) is 0 Å². The van der Waals surface area contributed by atoms with Crippen LogP contribution in [0, 0.1) is 17.6 Å². The van der Waals surface area contributed by atoms with Gasteiger partial charge in [-0.25, -0.2) is 8.78 Å². The van der Waals surface area contributed by atoms with Gasteiger partial charge >= 0.3 is 0 Å². The van der Waals surface area contributed by atoms with E-state index in [2.05, 4.69) is 5.32 Å². The molecule has 7 heteroatoms. The summed E-state index contributed by atoms with van der Waals surface area (Å²) in [6.07, 6.45) is 1.04. The van der Waals surface area contributed by atoms with Crippen LogP contribution in [0.15, 0.2) is 12.1 Å². The van der Waals surface area contributed by atoms with Crippen LogP contribution in [0.3, 0.4) is 0 Å². The lowest BCUT2D eigenvalue weighted by Crippen LogP contribution is -2.42. The summed E-state index contributed by atoms with van der Waals surface area (Å²) in [5.74, 6) is -2.54. The second kappa shape index (κ2) is 6.07. The van der Waals surface area contributed by atoms with Gasteiger partial charge in [0.1, 0.15) is 11.6 Å². The van der Waals surface area contributed by atoms with Crippen molar-refractivity contribution in [1.29, 1.82) is 0 Å². The van der Waals surface area contributed by atoms with Crippen LogP contribution >= 0.6 is 0 Å². The molecule has 0 aliphatic carbocycles. The lowest BCUT2D eigenvalue weighted by molar-refractivity contribution is -0.125. The Kier molecular flexibility index (Phi) is 4.40. The lowest BCUT2D eigenvalue weighted by atomic mass is 9.95. The third-order valence-electron chi connectivity index (χ3n) is 3.72. The summed E-state index contributed by atoms with van der Waals surface area (Å²) < 4.78 is 26.8. The van der Waals surface area contributed by atoms with Gasteiger partial charge in [-0.3, -0.25) is 9.59 Å². The number of amides is 2. The summed E-state index contributed by atoms with van der Waals surface area (Å²) in [4.78, 5) is 25.2. The van der Waals surface area contributed by atoms with Gasteiger partial charge in [0, 0.05) is 32.1 Å². The SMILES string of the molecule is CNC(=O)C1CCN(C(=O)c2cc(N)c(F)cc2F)CC1. The zero-order valence-electron chi connectivity index (χ0n) is 11.7. The van der Waals surface area contributed by atoms with Crippen LogP contribution in [-0.4, -0.2) is 36.9 Å². The van der Waals surface area contributed by atoms with Crippen molar-refractivity contribution in [2.24, 2.45) is 5.92 Å². The number of carbonyl (C=O) groups is 2. The van der Waals surface area contributed by atoms with E-state index in [-0.39, 0.29) is 23.1 Å². The van der Waals surface area contributed by atoms with E-state index in [0.717, 1.165) is 6.07 Å². The lowest BCUT2D eigenvalue weighted by Gasteiger charge is -2.31. The highest BCUT2D eigenvalue weighted by molar-refractivity contribution is 5.95. The molecule has 1 fully saturated rings. The van der Waals surface area contributed by atoms with Gasteiger partial charge in [0.15, 0.2) is 0 Å². The molecule has 114 valence electrons. The van der Waals surface area contributed by atoms with Crippen molar-refractivity contribution < 1.29 is 18.4 Å². The molecule has 1 aliphatic rings. The number of likely N-dealkylation sites (tertiary alicyclic amines) is 1. The summed E-state index contributed by atoms with van der Waals surface area (Å²) in [6, 6.07) is 1.62. The zero-order chi connectivity index (χ0) is 15.6. The van der Waals surface area contributed by atoms with Crippen molar-refractivity contribution in [3.05, 3.63) is 29.3 Å². The molecule has 0 aromatic heterocycles. The van der Waals surface area contributed by atoms with E-state index in [1.807, 2.05) is 0 Å². The molecule has 0 saturated carbocycles. The molecule has 0 atom stereocenters. The summed E-state index contributed by atoms with van der Waals surface area (Å²) in [6.45, 7) is 0.710. The normalized spacial score (nSPS) is 15.9. The summed E-state index contributed by atoms with van der Waals surface area (Å²) in [7, 11) is 1.57. The molecule has 1 saturated heterocycles. The first kappa shape index (κ1) is 15.2. The minimum absolute atomic E-state index is 0.0562. The average molecular weight is 297 g/mol. The number of nitrogens with one attached hydrogen (secondary N) is 1. The highest BCUT2D eigenvalue weighted by atomic mass is 19.1. The molecule has 2 amide bonds. The number of nitrogens with two attached hydrogens (primary N) is 1. The van der Waals surface area contributed by atoms with Crippen LogP contribution in [0.1, 0.15) is 23.2 Å². The molecule has 1 aliphatic heterocycles. The fourth-order valence-corrected chi connectivity index (χ4v) is 2.45. The van der Waals surface area contributed by atoms with E-state index in [0.29, 0.717) is 32.0 Å². The quantitative estimate of drug-likeness (QED) is 0.804. The van der Waals surface area contributed by atoms with Crippen LogP contribution in [-0.2, 0) is 4.79 Å². The molecule has 2 rings (SSSR count). The van der Waals surface area contributed by atoms with Gasteiger partial charge in [-0.15, -0.1) is 0 Å². The van der Waals surface area contributed by atoms with Gasteiger partial charge in [0.05, 0.1) is 11.3 Å². The molecule has 1 aromatic rings. The maximum atomic E-state index is 13.7. The number of hydrogen-bond donors (Lipinski definition) is 2. The molecule has 1 aromatic carbocycles. The van der Waals surface area contributed by atoms with E-state index in [1.54, 1.807) is 7.05 Å². The maximum absolute atomic E-state index is 13.7. The van der Waals surface area contributed by atoms with Crippen molar-refractivity contribution in [3.63, 3.8) is 0 Å². The van der Waals surface area contributed by atoms with Crippen LogP contribution in [0.5, 0.6) is 0 Å². The van der Waals surface area contributed by atoms with Crippen LogP contribution in [0.4, 0.5) is 14.5 Å². The van der Waals surface area contributed by atoms with Crippen LogP contribution in [0.2, 0.25) is 0 Å². The van der Waals surface area contributed by atoms with Gasteiger partial charge in [-0.05, 0) is 18.9 Å². The van der Waals surface area contributed by atoms with E-state index >= 15 is 0 Å². The summed E-state index contributed by atoms with van der Waals surface area (Å²) in [5.41, 5.74) is 4.86. The zero-order valence-corrected chi connectivity index (χ0v) is 11.7. The second-order valence-electron chi connectivity index (χ2n) is 5.03. The Hall–Kier alpha value is -2.18. The van der Waals surface area contributed by atoms with E-state index < -0.39 is 17.5 Å². The second-order valence-corrected chi connectivity index (χ2v) is 5.03. The Balaban J connectivity index is 2.09. The predicted octanol–water partition coefficient (Wildman–Crippen LogP) is 1.15. The number of carbonyl (C=O) groups excluding carboxylic acids is 2. The largest absolute Gasteiger partial charge is 0.396 e. The smallest absolute Gasteiger partial charge is 0.256 e. The number of hydrogen-bond acceptors (Lipinski definition) is 3. The first-order valence-electron chi connectivity index (χ1n) is 6.69. The number of halogens is 2. The molecule has 0 radical (unpaired) electrons. The van der Waals surface area contributed by atoms with Crippen molar-refractivity contribution in [3.8, 4) is 0 Å². The number of rotatable bonds is 2. The fourth-order valence-electron chi connectivity index (χ4n) is 2.45. The Morgan fingerprint density at radius 2 is 1.86 bits per heavy atom. The van der Waals surface area contributed by atoms with Gasteiger partial charge in [-0.1, -0.05) is 0 Å². The predicted molar refractivity (Wildman–Crippen MR) is 73.5 cm³/mol. The average Bonchev–Trinajstić information content (AvgIpc) is 2.49. The summed E-state index contributed by atoms with van der Waals surface area (Å²) in [5, 5.41) is 2.57. The monoisotopic (exact) mass is 297 g/mol. The van der Waals surface area contributed by atoms with E-state index in [1.165, 1.54) is 4.90 Å². The first-order chi connectivity index (χ1) is 9.93. The van der Waals surface area contributed by atoms with Crippen molar-refractivity contribution >= 4 is 17.5 Å². The van der Waals surface area contributed by atoms with E-state index in [9.17, 15) is 18.4 Å². The molecule has 21 heavy (non-hydrogen) atoms. The number of anilines is 1. The first-order valence-corrected chi connectivity index (χ1v) is 6.69. The standard InChI is InChI=1S/C14H17F2N3O2/c1-18-13(20)8-2-4-19(5-3-8)14(21)9-6-12(17)11(16)7-10(9)15/h6-8H,2-5,17H2,1H3,(H,18,20). The minimum atomic E-state index is -0.930. The number of benzene rings is 1. The third kappa shape index (κ3) is 3.12. The van der Waals surface area contributed by atoms with Gasteiger partial charge in [0.25, 0.3) is 5.91 Å². The fraction of sp³-hybridized carbons (Fsp3) is 0.429. The highest BCUT2D eigenvalue weighted by Gasteiger charge is 2.28. The summed E-state index contributed by atoms with van der Waals surface area (Å²) >= 11 is 0. The van der Waals surface area contributed by atoms with Gasteiger partial charge in [0.2, 0.25) is 5.91 Å². The highest BCUT2D eigenvalue weighted by Crippen LogP contribution is 2.22. The van der Waals surface area contributed by atoms with Crippen molar-refractivity contribution in [2.75, 3.05) is 25.9 Å². The Morgan fingerprint density at radius 3 is 2.43 bits per heavy atom. The van der Waals surface area contributed by atoms with Crippen molar-refractivity contribution in [1.82, 2.24) is 10.2 Å². The molecule has 0 spiro atoms. The number of nitrogen functional groups attached to an aromatic ring is 1.